The van der Waals surface area contributed by atoms with Crippen molar-refractivity contribution in [3.63, 3.8) is 0 Å². The van der Waals surface area contributed by atoms with Crippen molar-refractivity contribution in [1.82, 2.24) is 4.90 Å². The van der Waals surface area contributed by atoms with Gasteiger partial charge in [0.2, 0.25) is 11.8 Å². The van der Waals surface area contributed by atoms with Gasteiger partial charge >= 0.3 is 0 Å². The number of nitrogens with one attached hydrogen (secondary N) is 1. The number of hydrogen-bond donors (Lipinski definition) is 1. The Bertz CT molecular complexity index is 262. The fourth-order valence-electron chi connectivity index (χ4n) is 2.56. The number of piperidine rings is 1. The smallest absolute Gasteiger partial charge is 0.234 e. The van der Waals surface area contributed by atoms with Crippen molar-refractivity contribution < 1.29 is 14.5 Å². The molecule has 2 amide bonds. The molecule has 2 saturated heterocycles. The Morgan fingerprint density at radius 1 is 1.33 bits per heavy atom. The van der Waals surface area contributed by atoms with Gasteiger partial charge in [0.05, 0.1) is 13.1 Å². The predicted molar refractivity (Wildman–Crippen MR) is 55.0 cm³/mol. The summed E-state index contributed by atoms with van der Waals surface area (Å²) in [5, 5.41) is 0. The van der Waals surface area contributed by atoms with Gasteiger partial charge in [0.15, 0.2) is 6.67 Å². The van der Waals surface area contributed by atoms with Crippen LogP contribution in [0.25, 0.3) is 0 Å². The van der Waals surface area contributed by atoms with Crippen molar-refractivity contribution in [3.8, 4) is 0 Å². The number of quaternary nitrogens is 1. The number of amides is 2. The van der Waals surface area contributed by atoms with E-state index < -0.39 is 0 Å². The Labute approximate surface area is 90.2 Å². The number of likely N-dealkylation sites (tertiary alicyclic amines) is 2. The van der Waals surface area contributed by atoms with Crippen LogP contribution >= 0.6 is 0 Å². The first-order valence-corrected chi connectivity index (χ1v) is 5.83. The summed E-state index contributed by atoms with van der Waals surface area (Å²) >= 11 is 0. The highest BCUT2D eigenvalue weighted by Gasteiger charge is 2.33. The van der Waals surface area contributed by atoms with E-state index in [0.717, 1.165) is 19.0 Å². The fourth-order valence-corrected chi connectivity index (χ4v) is 2.56. The maximum Gasteiger partial charge on any atom is 0.234 e. The third-order valence-electron chi connectivity index (χ3n) is 3.40. The zero-order valence-electron chi connectivity index (χ0n) is 9.29. The molecule has 15 heavy (non-hydrogen) atoms. The molecular weight excluding hydrogens is 192 g/mol. The first-order valence-electron chi connectivity index (χ1n) is 5.83. The molecule has 2 aliphatic rings. The minimum Gasteiger partial charge on any atom is -0.317 e. The average Bonchev–Trinajstić information content (AvgIpc) is 2.50. The number of nitrogens with zero attached hydrogens (tertiary/aromatic N) is 1. The normalized spacial score (nSPS) is 32.5. The van der Waals surface area contributed by atoms with Crippen LogP contribution in [-0.2, 0) is 9.59 Å². The Hall–Kier alpha value is -0.900. The Morgan fingerprint density at radius 2 is 2.00 bits per heavy atom. The van der Waals surface area contributed by atoms with Crippen molar-refractivity contribution in [2.75, 3.05) is 19.8 Å². The van der Waals surface area contributed by atoms with Crippen molar-refractivity contribution in [3.05, 3.63) is 0 Å². The molecule has 0 aliphatic carbocycles. The third-order valence-corrected chi connectivity index (χ3v) is 3.40. The molecule has 2 fully saturated rings. The summed E-state index contributed by atoms with van der Waals surface area (Å²) in [6.45, 7) is 5.03. The van der Waals surface area contributed by atoms with Crippen LogP contribution in [0.1, 0.15) is 32.6 Å². The van der Waals surface area contributed by atoms with E-state index in [1.165, 1.54) is 22.6 Å². The van der Waals surface area contributed by atoms with Gasteiger partial charge in [0.25, 0.3) is 0 Å². The molecule has 84 valence electrons. The first-order chi connectivity index (χ1) is 7.16. The molecule has 2 aliphatic heterocycles. The number of hydrogen-bond acceptors (Lipinski definition) is 2. The highest BCUT2D eigenvalue weighted by molar-refractivity contribution is 6.01. The second kappa shape index (κ2) is 4.31. The van der Waals surface area contributed by atoms with E-state index in [-0.39, 0.29) is 11.8 Å². The molecule has 0 bridgehead atoms. The van der Waals surface area contributed by atoms with Gasteiger partial charge in [-0.05, 0) is 12.8 Å². The lowest BCUT2D eigenvalue weighted by atomic mass is 10.0. The summed E-state index contributed by atoms with van der Waals surface area (Å²) < 4.78 is 0. The molecule has 0 saturated carbocycles. The van der Waals surface area contributed by atoms with Gasteiger partial charge in [-0.1, -0.05) is 6.92 Å². The van der Waals surface area contributed by atoms with Crippen LogP contribution in [0.4, 0.5) is 0 Å². The molecule has 2 heterocycles. The van der Waals surface area contributed by atoms with Crippen LogP contribution in [-0.4, -0.2) is 36.5 Å². The van der Waals surface area contributed by atoms with Crippen LogP contribution in [0.3, 0.4) is 0 Å². The van der Waals surface area contributed by atoms with Crippen LogP contribution < -0.4 is 4.90 Å². The van der Waals surface area contributed by atoms with Gasteiger partial charge in [-0.3, -0.25) is 9.59 Å². The van der Waals surface area contributed by atoms with Crippen molar-refractivity contribution in [2.45, 2.75) is 32.6 Å². The SMILES string of the molecule is C[C@H]1CCC[NH+](CN2C(=O)CCC2=O)C1. The van der Waals surface area contributed by atoms with E-state index in [4.69, 9.17) is 0 Å². The van der Waals surface area contributed by atoms with Crippen molar-refractivity contribution >= 4 is 11.8 Å². The molecule has 1 N–H and O–H groups in total. The topological polar surface area (TPSA) is 41.8 Å². The summed E-state index contributed by atoms with van der Waals surface area (Å²) in [5.74, 6) is 0.762. The van der Waals surface area contributed by atoms with E-state index in [1.54, 1.807) is 0 Å². The number of imide groups is 1. The van der Waals surface area contributed by atoms with E-state index in [9.17, 15) is 9.59 Å². The highest BCUT2D eigenvalue weighted by atomic mass is 16.2. The highest BCUT2D eigenvalue weighted by Crippen LogP contribution is 2.10. The molecule has 0 radical (unpaired) electrons. The average molecular weight is 211 g/mol. The van der Waals surface area contributed by atoms with E-state index in [0.29, 0.717) is 19.5 Å². The summed E-state index contributed by atoms with van der Waals surface area (Å²) in [4.78, 5) is 25.7. The summed E-state index contributed by atoms with van der Waals surface area (Å²) in [5.41, 5.74) is 0. The van der Waals surface area contributed by atoms with Crippen molar-refractivity contribution in [2.24, 2.45) is 5.92 Å². The second-order valence-electron chi connectivity index (χ2n) is 4.83. The van der Waals surface area contributed by atoms with E-state index in [2.05, 4.69) is 6.92 Å². The molecule has 1 unspecified atom stereocenters. The largest absolute Gasteiger partial charge is 0.317 e. The maximum absolute atomic E-state index is 11.4. The summed E-state index contributed by atoms with van der Waals surface area (Å²) in [7, 11) is 0. The molecular formula is C11H19N2O2+. The fraction of sp³-hybridized carbons (Fsp3) is 0.818. The van der Waals surface area contributed by atoms with Gasteiger partial charge in [0.1, 0.15) is 0 Å². The van der Waals surface area contributed by atoms with Crippen molar-refractivity contribution in [1.29, 1.82) is 0 Å². The minimum absolute atomic E-state index is 0.0192. The number of rotatable bonds is 2. The molecule has 4 heteroatoms. The second-order valence-corrected chi connectivity index (χ2v) is 4.83. The van der Waals surface area contributed by atoms with Crippen LogP contribution in [0, 0.1) is 5.92 Å². The van der Waals surface area contributed by atoms with Gasteiger partial charge in [-0.2, -0.15) is 0 Å². The lowest BCUT2D eigenvalue weighted by molar-refractivity contribution is -0.915. The van der Waals surface area contributed by atoms with Gasteiger partial charge in [-0.15, -0.1) is 0 Å². The van der Waals surface area contributed by atoms with Gasteiger partial charge in [0, 0.05) is 18.8 Å². The monoisotopic (exact) mass is 211 g/mol. The lowest BCUT2D eigenvalue weighted by Crippen LogP contribution is -3.15. The van der Waals surface area contributed by atoms with E-state index >= 15 is 0 Å². The Balaban J connectivity index is 1.90. The third kappa shape index (κ3) is 2.37. The maximum atomic E-state index is 11.4. The molecule has 4 nitrogen and oxygen atoms in total. The Kier molecular flexibility index (Phi) is 3.05. The number of carbonyl (C=O) groups excluding carboxylic acids is 2. The van der Waals surface area contributed by atoms with Gasteiger partial charge < -0.3 is 4.90 Å². The van der Waals surface area contributed by atoms with Crippen LogP contribution in [0.15, 0.2) is 0 Å². The van der Waals surface area contributed by atoms with Crippen LogP contribution in [0.5, 0.6) is 0 Å². The zero-order chi connectivity index (χ0) is 10.8. The lowest BCUT2D eigenvalue weighted by Gasteiger charge is -2.30. The quantitative estimate of drug-likeness (QED) is 0.620. The standard InChI is InChI=1S/C11H18N2O2/c1-9-3-2-6-12(7-9)8-13-10(14)4-5-11(13)15/h9H,2-8H2,1H3/p+1/t9-/m0/s1. The zero-order valence-corrected chi connectivity index (χ0v) is 9.29. The molecule has 2 atom stereocenters. The Morgan fingerprint density at radius 3 is 2.60 bits per heavy atom. The van der Waals surface area contributed by atoms with Crippen LogP contribution in [0.2, 0.25) is 0 Å². The molecule has 0 aromatic carbocycles. The molecule has 0 aromatic rings. The molecule has 0 aromatic heterocycles. The van der Waals surface area contributed by atoms with Gasteiger partial charge in [-0.25, -0.2) is 4.90 Å². The molecule has 0 spiro atoms. The summed E-state index contributed by atoms with van der Waals surface area (Å²) in [6, 6.07) is 0. The minimum atomic E-state index is 0.0192. The first kappa shape index (κ1) is 10.6. The molecule has 2 rings (SSSR count). The number of carbonyl (C=O) groups is 2. The summed E-state index contributed by atoms with van der Waals surface area (Å²) in [6.07, 6.45) is 3.33. The predicted octanol–water partition coefficient (Wildman–Crippen LogP) is -0.592. The van der Waals surface area contributed by atoms with E-state index in [1.807, 2.05) is 0 Å².